The summed E-state index contributed by atoms with van der Waals surface area (Å²) in [4.78, 5) is 10.1. The molecule has 0 bridgehead atoms. The maximum Gasteiger partial charge on any atom is 0.120 e. The Bertz CT molecular complexity index is 286. The molecule has 3 heteroatoms. The number of benzene rings is 1. The topological polar surface area (TPSA) is 43.1 Å². The third kappa shape index (κ3) is 2.34. The van der Waals surface area contributed by atoms with Crippen molar-refractivity contribution >= 4 is 27.9 Å². The normalized spacial score (nSPS) is 9.75. The molecular weight excluding hydrogens is 218 g/mol. The third-order valence-electron chi connectivity index (χ3n) is 1.64. The van der Waals surface area contributed by atoms with Crippen LogP contribution in [0.4, 0.5) is 5.69 Å². The summed E-state index contributed by atoms with van der Waals surface area (Å²) in [5.74, 6) is 0. The van der Waals surface area contributed by atoms with Crippen molar-refractivity contribution in [2.45, 2.75) is 12.8 Å². The van der Waals surface area contributed by atoms with Crippen LogP contribution in [0.2, 0.25) is 0 Å². The molecule has 12 heavy (non-hydrogen) atoms. The number of carbonyl (C=O) groups is 1. The van der Waals surface area contributed by atoms with Crippen LogP contribution in [0.25, 0.3) is 0 Å². The van der Waals surface area contributed by atoms with Crippen molar-refractivity contribution in [1.29, 1.82) is 0 Å². The van der Waals surface area contributed by atoms with Crippen molar-refractivity contribution in [3.8, 4) is 0 Å². The highest BCUT2D eigenvalue weighted by molar-refractivity contribution is 9.10. The summed E-state index contributed by atoms with van der Waals surface area (Å²) in [5.41, 5.74) is 7.49. The second-order valence-electron chi connectivity index (χ2n) is 2.55. The lowest BCUT2D eigenvalue weighted by atomic mass is 10.1. The largest absolute Gasteiger partial charge is 0.398 e. The lowest BCUT2D eigenvalue weighted by Crippen LogP contribution is -1.94. The van der Waals surface area contributed by atoms with Gasteiger partial charge in [0.15, 0.2) is 0 Å². The van der Waals surface area contributed by atoms with Gasteiger partial charge < -0.3 is 10.5 Å². The lowest BCUT2D eigenvalue weighted by molar-refractivity contribution is -0.107. The third-order valence-corrected chi connectivity index (χ3v) is 2.13. The fourth-order valence-electron chi connectivity index (χ4n) is 1.01. The highest BCUT2D eigenvalue weighted by atomic mass is 79.9. The average molecular weight is 228 g/mol. The molecule has 0 aliphatic heterocycles. The monoisotopic (exact) mass is 227 g/mol. The molecule has 0 saturated heterocycles. The van der Waals surface area contributed by atoms with Gasteiger partial charge in [0.05, 0.1) is 0 Å². The van der Waals surface area contributed by atoms with Crippen molar-refractivity contribution in [1.82, 2.24) is 0 Å². The van der Waals surface area contributed by atoms with E-state index in [0.29, 0.717) is 6.42 Å². The number of nitrogen functional groups attached to an aromatic ring is 1. The number of halogens is 1. The Hall–Kier alpha value is -0.830. The molecule has 1 rings (SSSR count). The molecule has 0 heterocycles. The zero-order valence-electron chi connectivity index (χ0n) is 6.59. The first-order valence-electron chi connectivity index (χ1n) is 3.71. The summed E-state index contributed by atoms with van der Waals surface area (Å²) in [6.07, 6.45) is 2.16. The number of hydrogen-bond acceptors (Lipinski definition) is 2. The predicted octanol–water partition coefficient (Wildman–Crippen LogP) is 2.16. The Kier molecular flexibility index (Phi) is 3.29. The van der Waals surface area contributed by atoms with Gasteiger partial charge in [-0.1, -0.05) is 22.0 Å². The van der Waals surface area contributed by atoms with Gasteiger partial charge in [-0.25, -0.2) is 0 Å². The molecule has 2 nitrogen and oxygen atoms in total. The zero-order valence-corrected chi connectivity index (χ0v) is 8.17. The number of hydrogen-bond donors (Lipinski definition) is 1. The van der Waals surface area contributed by atoms with E-state index in [-0.39, 0.29) is 0 Å². The summed E-state index contributed by atoms with van der Waals surface area (Å²) >= 11 is 3.31. The number of aryl methyl sites for hydroxylation is 1. The summed E-state index contributed by atoms with van der Waals surface area (Å²) in [7, 11) is 0. The van der Waals surface area contributed by atoms with Crippen LogP contribution in [-0.4, -0.2) is 6.29 Å². The summed E-state index contributed by atoms with van der Waals surface area (Å²) in [6, 6.07) is 5.71. The fraction of sp³-hybridized carbons (Fsp3) is 0.222. The second-order valence-corrected chi connectivity index (χ2v) is 3.46. The average Bonchev–Trinajstić information content (AvgIpc) is 2.03. The molecule has 0 aliphatic rings. The quantitative estimate of drug-likeness (QED) is 0.636. The van der Waals surface area contributed by atoms with E-state index < -0.39 is 0 Å². The molecular formula is C9H10BrNO. The summed E-state index contributed by atoms with van der Waals surface area (Å²) < 4.78 is 0.967. The molecule has 0 fully saturated rings. The number of anilines is 1. The van der Waals surface area contributed by atoms with Gasteiger partial charge in [-0.2, -0.15) is 0 Å². The van der Waals surface area contributed by atoms with Gasteiger partial charge in [0.25, 0.3) is 0 Å². The standard InChI is InChI=1S/C9H10BrNO/c10-8-4-3-7(2-1-5-12)9(11)6-8/h3-6H,1-2,11H2. The minimum Gasteiger partial charge on any atom is -0.398 e. The Labute approximate surface area is 79.9 Å². The van der Waals surface area contributed by atoms with Crippen molar-refractivity contribution in [3.63, 3.8) is 0 Å². The SMILES string of the molecule is Nc1cc(Br)ccc1CCC=O. The molecule has 0 atom stereocenters. The van der Waals surface area contributed by atoms with E-state index in [9.17, 15) is 4.79 Å². The second kappa shape index (κ2) is 4.26. The minimum absolute atomic E-state index is 0.534. The highest BCUT2D eigenvalue weighted by Gasteiger charge is 1.98. The van der Waals surface area contributed by atoms with E-state index in [0.717, 1.165) is 28.4 Å². The van der Waals surface area contributed by atoms with Crippen LogP contribution in [0, 0.1) is 0 Å². The van der Waals surface area contributed by atoms with Crippen LogP contribution in [0.1, 0.15) is 12.0 Å². The van der Waals surface area contributed by atoms with Crippen molar-refractivity contribution in [2.75, 3.05) is 5.73 Å². The molecule has 0 aromatic heterocycles. The first-order valence-corrected chi connectivity index (χ1v) is 4.51. The van der Waals surface area contributed by atoms with E-state index >= 15 is 0 Å². The van der Waals surface area contributed by atoms with E-state index in [2.05, 4.69) is 15.9 Å². The molecule has 0 aliphatic carbocycles. The molecule has 2 N–H and O–H groups in total. The van der Waals surface area contributed by atoms with E-state index in [1.807, 2.05) is 18.2 Å². The summed E-state index contributed by atoms with van der Waals surface area (Å²) in [6.45, 7) is 0. The van der Waals surface area contributed by atoms with E-state index in [4.69, 9.17) is 5.73 Å². The van der Waals surface area contributed by atoms with Crippen LogP contribution in [0.3, 0.4) is 0 Å². The van der Waals surface area contributed by atoms with Crippen LogP contribution in [-0.2, 0) is 11.2 Å². The van der Waals surface area contributed by atoms with Gasteiger partial charge in [0.2, 0.25) is 0 Å². The Morgan fingerprint density at radius 3 is 2.83 bits per heavy atom. The van der Waals surface area contributed by atoms with Gasteiger partial charge in [-0.15, -0.1) is 0 Å². The zero-order chi connectivity index (χ0) is 8.97. The Balaban J connectivity index is 2.78. The first-order chi connectivity index (χ1) is 5.74. The molecule has 0 spiro atoms. The number of rotatable bonds is 3. The van der Waals surface area contributed by atoms with E-state index in [1.54, 1.807) is 0 Å². The maximum absolute atomic E-state index is 10.1. The van der Waals surface area contributed by atoms with Gasteiger partial charge in [-0.3, -0.25) is 0 Å². The van der Waals surface area contributed by atoms with Crippen LogP contribution < -0.4 is 5.73 Å². The van der Waals surface area contributed by atoms with Crippen LogP contribution in [0.5, 0.6) is 0 Å². The maximum atomic E-state index is 10.1. The highest BCUT2D eigenvalue weighted by Crippen LogP contribution is 2.19. The molecule has 0 amide bonds. The predicted molar refractivity (Wildman–Crippen MR) is 52.9 cm³/mol. The number of aldehydes is 1. The van der Waals surface area contributed by atoms with Crippen molar-refractivity contribution in [3.05, 3.63) is 28.2 Å². The Morgan fingerprint density at radius 1 is 1.50 bits per heavy atom. The molecule has 0 saturated carbocycles. The molecule has 1 aromatic carbocycles. The van der Waals surface area contributed by atoms with Gasteiger partial charge in [-0.05, 0) is 24.1 Å². The van der Waals surface area contributed by atoms with Crippen molar-refractivity contribution < 1.29 is 4.79 Å². The van der Waals surface area contributed by atoms with Gasteiger partial charge in [0.1, 0.15) is 6.29 Å². The first kappa shape index (κ1) is 9.26. The lowest BCUT2D eigenvalue weighted by Gasteiger charge is -2.02. The van der Waals surface area contributed by atoms with Crippen molar-refractivity contribution in [2.24, 2.45) is 0 Å². The van der Waals surface area contributed by atoms with E-state index in [1.165, 1.54) is 0 Å². The molecule has 0 unspecified atom stereocenters. The fourth-order valence-corrected chi connectivity index (χ4v) is 1.39. The van der Waals surface area contributed by atoms with Gasteiger partial charge >= 0.3 is 0 Å². The van der Waals surface area contributed by atoms with Crippen LogP contribution >= 0.6 is 15.9 Å². The molecule has 64 valence electrons. The van der Waals surface area contributed by atoms with Crippen LogP contribution in [0.15, 0.2) is 22.7 Å². The number of nitrogens with two attached hydrogens (primary N) is 1. The minimum atomic E-state index is 0.534. The van der Waals surface area contributed by atoms with Gasteiger partial charge in [0, 0.05) is 16.6 Å². The molecule has 1 aromatic rings. The molecule has 0 radical (unpaired) electrons. The summed E-state index contributed by atoms with van der Waals surface area (Å²) in [5, 5.41) is 0. The Morgan fingerprint density at radius 2 is 2.25 bits per heavy atom. The smallest absolute Gasteiger partial charge is 0.120 e. The number of carbonyl (C=O) groups excluding carboxylic acids is 1.